The van der Waals surface area contributed by atoms with Gasteiger partial charge in [0.2, 0.25) is 0 Å². The molecule has 3 saturated heterocycles. The van der Waals surface area contributed by atoms with Gasteiger partial charge in [0.1, 0.15) is 6.10 Å². The molecule has 0 radical (unpaired) electrons. The molecule has 1 amide bonds. The fraction of sp³-hybridized carbons (Fsp3) is 0.615. The van der Waals surface area contributed by atoms with Crippen molar-refractivity contribution in [2.75, 3.05) is 32.7 Å². The highest BCUT2D eigenvalue weighted by molar-refractivity contribution is 5.94. The van der Waals surface area contributed by atoms with Crippen molar-refractivity contribution in [3.8, 4) is 0 Å². The Labute approximate surface area is 189 Å². The number of piperazine rings is 1. The van der Waals surface area contributed by atoms with Gasteiger partial charge in [-0.05, 0) is 44.2 Å². The summed E-state index contributed by atoms with van der Waals surface area (Å²) in [5.74, 6) is 0.867. The molecule has 170 valence electrons. The van der Waals surface area contributed by atoms with Crippen molar-refractivity contribution in [2.24, 2.45) is 23.7 Å². The van der Waals surface area contributed by atoms with E-state index in [0.717, 1.165) is 44.5 Å². The molecule has 0 aromatic heterocycles. The van der Waals surface area contributed by atoms with Gasteiger partial charge >= 0.3 is 5.97 Å². The molecular weight excluding hydrogens is 404 g/mol. The molecule has 1 aromatic carbocycles. The molecule has 2 saturated carbocycles. The average molecular weight is 437 g/mol. The zero-order valence-corrected chi connectivity index (χ0v) is 18.7. The summed E-state index contributed by atoms with van der Waals surface area (Å²) in [7, 11) is 0. The number of epoxide rings is 1. The molecule has 1 aromatic rings. The Morgan fingerprint density at radius 2 is 1.94 bits per heavy atom. The van der Waals surface area contributed by atoms with Crippen LogP contribution in [0.2, 0.25) is 0 Å². The van der Waals surface area contributed by atoms with Gasteiger partial charge in [-0.2, -0.15) is 0 Å². The molecule has 3 aliphatic heterocycles. The highest BCUT2D eigenvalue weighted by Gasteiger charge is 2.71. The molecule has 7 unspecified atom stereocenters. The van der Waals surface area contributed by atoms with E-state index in [1.807, 2.05) is 35.2 Å². The number of allylic oxidation sites excluding steroid dienone is 1. The van der Waals surface area contributed by atoms with Crippen LogP contribution in [0.4, 0.5) is 0 Å². The molecule has 5 fully saturated rings. The van der Waals surface area contributed by atoms with E-state index in [1.54, 1.807) is 0 Å². The Kier molecular flexibility index (Phi) is 4.74. The zero-order valence-electron chi connectivity index (χ0n) is 18.7. The van der Waals surface area contributed by atoms with E-state index in [0.29, 0.717) is 25.1 Å². The third-order valence-corrected chi connectivity index (χ3v) is 8.85. The number of hydrogen-bond donors (Lipinski definition) is 0. The number of fused-ring (bicyclic) bond motifs is 5. The molecule has 5 aliphatic rings. The van der Waals surface area contributed by atoms with E-state index in [2.05, 4.69) is 18.4 Å². The lowest BCUT2D eigenvalue weighted by Crippen LogP contribution is -2.50. The summed E-state index contributed by atoms with van der Waals surface area (Å²) in [4.78, 5) is 30.0. The first-order valence-corrected chi connectivity index (χ1v) is 12.1. The number of amides is 1. The summed E-state index contributed by atoms with van der Waals surface area (Å²) in [6, 6.07) is 9.46. The van der Waals surface area contributed by atoms with Crippen molar-refractivity contribution in [3.05, 3.63) is 48.0 Å². The second-order valence-electron chi connectivity index (χ2n) is 10.5. The standard InChI is InChI=1S/C26H32N2O4/c1-16-8-9-18-20(25(30)31-23(18)22-19(16)14-21-26(22,2)32-21)15-27-10-12-28(13-11-27)24(29)17-6-4-3-5-7-17/h3-7,18-23H,1,8-15H2,2H3. The number of ether oxygens (including phenoxy) is 2. The van der Waals surface area contributed by atoms with E-state index >= 15 is 0 Å². The van der Waals surface area contributed by atoms with Crippen molar-refractivity contribution in [3.63, 3.8) is 0 Å². The first-order chi connectivity index (χ1) is 15.5. The van der Waals surface area contributed by atoms with Crippen LogP contribution in [0.25, 0.3) is 0 Å². The van der Waals surface area contributed by atoms with Crippen LogP contribution in [-0.4, -0.2) is 72.2 Å². The topological polar surface area (TPSA) is 62.4 Å². The summed E-state index contributed by atoms with van der Waals surface area (Å²) >= 11 is 0. The van der Waals surface area contributed by atoms with E-state index in [-0.39, 0.29) is 41.3 Å². The molecule has 2 aliphatic carbocycles. The molecule has 6 heteroatoms. The van der Waals surface area contributed by atoms with Crippen LogP contribution >= 0.6 is 0 Å². The third kappa shape index (κ3) is 3.14. The summed E-state index contributed by atoms with van der Waals surface area (Å²) in [5.41, 5.74) is 1.92. The minimum absolute atomic E-state index is 0.0400. The van der Waals surface area contributed by atoms with Crippen molar-refractivity contribution in [1.29, 1.82) is 0 Å². The molecule has 6 nitrogen and oxygen atoms in total. The molecule has 7 atom stereocenters. The van der Waals surface area contributed by atoms with Crippen LogP contribution in [0, 0.1) is 23.7 Å². The van der Waals surface area contributed by atoms with Crippen LogP contribution in [0.1, 0.15) is 36.5 Å². The summed E-state index contributed by atoms with van der Waals surface area (Å²) in [6.45, 7) is 10.3. The Morgan fingerprint density at radius 3 is 2.69 bits per heavy atom. The molecule has 32 heavy (non-hydrogen) atoms. The van der Waals surface area contributed by atoms with Gasteiger partial charge in [-0.25, -0.2) is 0 Å². The molecule has 0 N–H and O–H groups in total. The van der Waals surface area contributed by atoms with Crippen LogP contribution in [0.3, 0.4) is 0 Å². The van der Waals surface area contributed by atoms with Crippen molar-refractivity contribution < 1.29 is 19.1 Å². The smallest absolute Gasteiger partial charge is 0.310 e. The molecule has 6 rings (SSSR count). The zero-order chi connectivity index (χ0) is 22.0. The van der Waals surface area contributed by atoms with E-state index in [4.69, 9.17) is 9.47 Å². The second-order valence-corrected chi connectivity index (χ2v) is 10.5. The van der Waals surface area contributed by atoms with Gasteiger partial charge in [-0.15, -0.1) is 0 Å². The number of carbonyl (C=O) groups is 2. The van der Waals surface area contributed by atoms with Crippen LogP contribution in [-0.2, 0) is 14.3 Å². The second kappa shape index (κ2) is 7.42. The first kappa shape index (κ1) is 20.4. The highest BCUT2D eigenvalue weighted by Crippen LogP contribution is 2.63. The first-order valence-electron chi connectivity index (χ1n) is 12.1. The van der Waals surface area contributed by atoms with Crippen molar-refractivity contribution in [2.45, 2.75) is 44.0 Å². The Morgan fingerprint density at radius 1 is 1.19 bits per heavy atom. The third-order valence-electron chi connectivity index (χ3n) is 8.85. The minimum Gasteiger partial charge on any atom is -0.461 e. The summed E-state index contributed by atoms with van der Waals surface area (Å²) in [5, 5.41) is 0. The SMILES string of the molecule is C=C1CCC2C(CN3CCN(C(=O)c4ccccc4)CC3)C(=O)OC2C2C1CC1OC12C. The summed E-state index contributed by atoms with van der Waals surface area (Å²) < 4.78 is 12.1. The molecule has 0 spiro atoms. The maximum absolute atomic E-state index is 13.0. The number of nitrogens with zero attached hydrogens (tertiary/aromatic N) is 2. The van der Waals surface area contributed by atoms with Gasteiger partial charge in [0.25, 0.3) is 5.91 Å². The fourth-order valence-corrected chi connectivity index (χ4v) is 6.94. The fourth-order valence-electron chi connectivity index (χ4n) is 6.94. The van der Waals surface area contributed by atoms with Gasteiger partial charge in [-0.3, -0.25) is 14.5 Å². The minimum atomic E-state index is -0.139. The Bertz CT molecular complexity index is 940. The van der Waals surface area contributed by atoms with E-state index in [9.17, 15) is 9.59 Å². The molecule has 3 heterocycles. The number of carbonyl (C=O) groups excluding carboxylic acids is 2. The number of hydrogen-bond acceptors (Lipinski definition) is 5. The largest absolute Gasteiger partial charge is 0.461 e. The van der Waals surface area contributed by atoms with Crippen molar-refractivity contribution in [1.82, 2.24) is 9.80 Å². The normalized spacial score (nSPS) is 40.8. The molecular formula is C26H32N2O4. The average Bonchev–Trinajstić information content (AvgIpc) is 3.29. The van der Waals surface area contributed by atoms with Gasteiger partial charge in [-0.1, -0.05) is 30.4 Å². The lowest BCUT2D eigenvalue weighted by atomic mass is 9.77. The van der Waals surface area contributed by atoms with Crippen molar-refractivity contribution >= 4 is 11.9 Å². The lowest BCUT2D eigenvalue weighted by molar-refractivity contribution is -0.147. The Hall–Kier alpha value is -2.18. The van der Waals surface area contributed by atoms with Gasteiger partial charge in [0.05, 0.1) is 17.6 Å². The number of benzene rings is 1. The number of esters is 1. The maximum Gasteiger partial charge on any atom is 0.310 e. The van der Waals surface area contributed by atoms with E-state index in [1.165, 1.54) is 5.57 Å². The van der Waals surface area contributed by atoms with Crippen LogP contribution < -0.4 is 0 Å². The maximum atomic E-state index is 13.0. The van der Waals surface area contributed by atoms with Crippen LogP contribution in [0.15, 0.2) is 42.5 Å². The predicted octanol–water partition coefficient (Wildman–Crippen LogP) is 2.75. The Balaban J connectivity index is 1.12. The number of rotatable bonds is 3. The monoisotopic (exact) mass is 436 g/mol. The van der Waals surface area contributed by atoms with Gasteiger partial charge < -0.3 is 14.4 Å². The van der Waals surface area contributed by atoms with Gasteiger partial charge in [0.15, 0.2) is 0 Å². The highest BCUT2D eigenvalue weighted by atomic mass is 16.6. The quantitative estimate of drug-likeness (QED) is 0.414. The van der Waals surface area contributed by atoms with E-state index < -0.39 is 0 Å². The van der Waals surface area contributed by atoms with Gasteiger partial charge in [0, 0.05) is 50.1 Å². The predicted molar refractivity (Wildman–Crippen MR) is 119 cm³/mol. The molecule has 0 bridgehead atoms. The summed E-state index contributed by atoms with van der Waals surface area (Å²) in [6.07, 6.45) is 3.25. The lowest BCUT2D eigenvalue weighted by Gasteiger charge is -2.36. The van der Waals surface area contributed by atoms with Crippen LogP contribution in [0.5, 0.6) is 0 Å².